The zero-order chi connectivity index (χ0) is 14.3. The van der Waals surface area contributed by atoms with Crippen molar-refractivity contribution in [1.82, 2.24) is 5.32 Å². The van der Waals surface area contributed by atoms with Gasteiger partial charge in [0.25, 0.3) is 5.91 Å². The predicted molar refractivity (Wildman–Crippen MR) is 85.3 cm³/mol. The van der Waals surface area contributed by atoms with Crippen LogP contribution in [-0.2, 0) is 0 Å². The van der Waals surface area contributed by atoms with Crippen molar-refractivity contribution >= 4 is 33.0 Å². The van der Waals surface area contributed by atoms with Crippen molar-refractivity contribution in [2.24, 2.45) is 0 Å². The Morgan fingerprint density at radius 2 is 2.05 bits per heavy atom. The third-order valence-corrected chi connectivity index (χ3v) is 5.38. The van der Waals surface area contributed by atoms with E-state index in [1.165, 1.54) is 29.7 Å². The molecule has 3 rings (SSSR count). The van der Waals surface area contributed by atoms with Crippen LogP contribution in [0.1, 0.15) is 47.8 Å². The van der Waals surface area contributed by atoms with E-state index in [0.717, 1.165) is 22.9 Å². The van der Waals surface area contributed by atoms with Crippen molar-refractivity contribution in [2.75, 3.05) is 5.73 Å². The van der Waals surface area contributed by atoms with Crippen molar-refractivity contribution in [1.29, 1.82) is 0 Å². The van der Waals surface area contributed by atoms with E-state index in [9.17, 15) is 4.79 Å². The number of hydrogen-bond acceptors (Lipinski definition) is 3. The summed E-state index contributed by atoms with van der Waals surface area (Å²) in [7, 11) is 0. The molecule has 0 atom stereocenters. The molecule has 1 amide bonds. The Morgan fingerprint density at radius 3 is 2.75 bits per heavy atom. The Bertz CT molecular complexity index is 668. The van der Waals surface area contributed by atoms with Gasteiger partial charge in [0.05, 0.1) is 5.69 Å². The van der Waals surface area contributed by atoms with E-state index in [4.69, 9.17) is 5.73 Å². The molecule has 20 heavy (non-hydrogen) atoms. The number of thiophene rings is 1. The average Bonchev–Trinajstić information content (AvgIpc) is 2.94. The summed E-state index contributed by atoms with van der Waals surface area (Å²) in [5, 5.41) is 4.17. The van der Waals surface area contributed by atoms with Gasteiger partial charge in [-0.3, -0.25) is 4.79 Å². The number of aryl methyl sites for hydroxylation is 1. The third-order valence-electron chi connectivity index (χ3n) is 4.21. The molecule has 1 aliphatic rings. The Balaban J connectivity index is 1.93. The summed E-state index contributed by atoms with van der Waals surface area (Å²) >= 11 is 1.49. The second-order valence-corrected chi connectivity index (χ2v) is 7.12. The molecule has 106 valence electrons. The third kappa shape index (κ3) is 2.29. The lowest BCUT2D eigenvalue weighted by molar-refractivity contribution is 0.0913. The van der Waals surface area contributed by atoms with Gasteiger partial charge in [-0.25, -0.2) is 0 Å². The molecular formula is C16H20N2OS. The molecule has 0 aliphatic heterocycles. The minimum atomic E-state index is -0.0599. The van der Waals surface area contributed by atoms with Gasteiger partial charge in [-0.2, -0.15) is 0 Å². The van der Waals surface area contributed by atoms with Gasteiger partial charge < -0.3 is 11.1 Å². The number of rotatable bonds is 2. The molecule has 1 heterocycles. The Hall–Kier alpha value is -1.55. The van der Waals surface area contributed by atoms with E-state index in [2.05, 4.69) is 25.2 Å². The Labute approximate surface area is 123 Å². The number of amides is 1. The number of hydrogen-bond donors (Lipinski definition) is 2. The van der Waals surface area contributed by atoms with Crippen molar-refractivity contribution in [2.45, 2.75) is 45.1 Å². The standard InChI is InChI=1S/C16H20N2OS/c1-10-5-6-11-12(9-10)20-14(13(11)17)15(19)18-16(2)7-3-4-8-16/h5-6,9H,3-4,7-8,17H2,1-2H3,(H,18,19). The van der Waals surface area contributed by atoms with Crippen LogP contribution in [0, 0.1) is 6.92 Å². The summed E-state index contributed by atoms with van der Waals surface area (Å²) in [5.41, 5.74) is 7.90. The lowest BCUT2D eigenvalue weighted by atomic mass is 10.0. The lowest BCUT2D eigenvalue weighted by Crippen LogP contribution is -2.43. The maximum absolute atomic E-state index is 12.5. The fourth-order valence-electron chi connectivity index (χ4n) is 3.00. The molecule has 1 aliphatic carbocycles. The van der Waals surface area contributed by atoms with Gasteiger partial charge >= 0.3 is 0 Å². The highest BCUT2D eigenvalue weighted by atomic mass is 32.1. The summed E-state index contributed by atoms with van der Waals surface area (Å²) in [6.45, 7) is 4.18. The fraction of sp³-hybridized carbons (Fsp3) is 0.438. The topological polar surface area (TPSA) is 55.1 Å². The molecule has 3 N–H and O–H groups in total. The van der Waals surface area contributed by atoms with Crippen molar-refractivity contribution < 1.29 is 4.79 Å². The summed E-state index contributed by atoms with van der Waals surface area (Å²) in [4.78, 5) is 13.2. The molecule has 0 bridgehead atoms. The summed E-state index contributed by atoms with van der Waals surface area (Å²) in [6.07, 6.45) is 4.50. The highest BCUT2D eigenvalue weighted by Crippen LogP contribution is 2.35. The number of nitrogen functional groups attached to an aromatic ring is 1. The first kappa shape index (κ1) is 13.4. The Morgan fingerprint density at radius 1 is 1.35 bits per heavy atom. The van der Waals surface area contributed by atoms with Gasteiger partial charge in [-0.1, -0.05) is 25.0 Å². The number of carbonyl (C=O) groups excluding carboxylic acids is 1. The second kappa shape index (κ2) is 4.77. The van der Waals surface area contributed by atoms with Crippen molar-refractivity contribution in [3.8, 4) is 0 Å². The first-order valence-electron chi connectivity index (χ1n) is 7.10. The van der Waals surface area contributed by atoms with Crippen molar-refractivity contribution in [3.05, 3.63) is 28.6 Å². The van der Waals surface area contributed by atoms with E-state index in [1.54, 1.807) is 0 Å². The minimum absolute atomic E-state index is 0.0225. The molecular weight excluding hydrogens is 268 g/mol. The number of benzene rings is 1. The SMILES string of the molecule is Cc1ccc2c(N)c(C(=O)NC3(C)CCCC3)sc2c1. The zero-order valence-corrected chi connectivity index (χ0v) is 12.8. The zero-order valence-electron chi connectivity index (χ0n) is 12.0. The maximum Gasteiger partial charge on any atom is 0.263 e. The highest BCUT2D eigenvalue weighted by molar-refractivity contribution is 7.21. The molecule has 1 fully saturated rings. The van der Waals surface area contributed by atoms with Crippen LogP contribution in [0.4, 0.5) is 5.69 Å². The van der Waals surface area contributed by atoms with E-state index < -0.39 is 0 Å². The van der Waals surface area contributed by atoms with Crippen molar-refractivity contribution in [3.63, 3.8) is 0 Å². The molecule has 1 aromatic heterocycles. The minimum Gasteiger partial charge on any atom is -0.397 e. The van der Waals surface area contributed by atoms with Gasteiger partial charge in [-0.15, -0.1) is 11.3 Å². The lowest BCUT2D eigenvalue weighted by Gasteiger charge is -2.24. The normalized spacial score (nSPS) is 17.5. The smallest absolute Gasteiger partial charge is 0.263 e. The maximum atomic E-state index is 12.5. The number of anilines is 1. The van der Waals surface area contributed by atoms with E-state index >= 15 is 0 Å². The average molecular weight is 288 g/mol. The molecule has 2 aromatic rings. The molecule has 0 radical (unpaired) electrons. The molecule has 0 spiro atoms. The molecule has 1 saturated carbocycles. The van der Waals surface area contributed by atoms with E-state index in [-0.39, 0.29) is 11.4 Å². The van der Waals surface area contributed by atoms with Gasteiger partial charge in [0, 0.05) is 15.6 Å². The number of nitrogens with two attached hydrogens (primary N) is 1. The van der Waals surface area contributed by atoms with Crippen LogP contribution in [-0.4, -0.2) is 11.4 Å². The van der Waals surface area contributed by atoms with Gasteiger partial charge in [-0.05, 0) is 38.3 Å². The van der Waals surface area contributed by atoms with Crippen LogP contribution in [0.25, 0.3) is 10.1 Å². The molecule has 0 saturated heterocycles. The van der Waals surface area contributed by atoms with Crippen LogP contribution < -0.4 is 11.1 Å². The van der Waals surface area contributed by atoms with Crippen LogP contribution in [0.5, 0.6) is 0 Å². The van der Waals surface area contributed by atoms with Crippen LogP contribution in [0.15, 0.2) is 18.2 Å². The molecule has 1 aromatic carbocycles. The fourth-order valence-corrected chi connectivity index (χ4v) is 4.12. The molecule has 3 nitrogen and oxygen atoms in total. The summed E-state index contributed by atoms with van der Waals surface area (Å²) in [5.74, 6) is -0.0225. The summed E-state index contributed by atoms with van der Waals surface area (Å²) in [6, 6.07) is 6.13. The molecule has 0 unspecified atom stereocenters. The van der Waals surface area contributed by atoms with Gasteiger partial charge in [0.2, 0.25) is 0 Å². The van der Waals surface area contributed by atoms with Gasteiger partial charge in [0.1, 0.15) is 4.88 Å². The quantitative estimate of drug-likeness (QED) is 0.881. The Kier molecular flexibility index (Phi) is 3.21. The largest absolute Gasteiger partial charge is 0.397 e. The van der Waals surface area contributed by atoms with Crippen LogP contribution in [0.3, 0.4) is 0 Å². The number of fused-ring (bicyclic) bond motifs is 1. The predicted octanol–water partition coefficient (Wildman–Crippen LogP) is 3.85. The van der Waals surface area contributed by atoms with Crippen LogP contribution >= 0.6 is 11.3 Å². The first-order valence-corrected chi connectivity index (χ1v) is 7.91. The summed E-state index contributed by atoms with van der Waals surface area (Å²) < 4.78 is 1.09. The number of carbonyl (C=O) groups is 1. The van der Waals surface area contributed by atoms with E-state index in [0.29, 0.717) is 10.6 Å². The number of nitrogens with one attached hydrogen (secondary N) is 1. The highest BCUT2D eigenvalue weighted by Gasteiger charge is 2.31. The molecule has 4 heteroatoms. The van der Waals surface area contributed by atoms with E-state index in [1.807, 2.05) is 12.1 Å². The monoisotopic (exact) mass is 288 g/mol. The second-order valence-electron chi connectivity index (χ2n) is 6.07. The first-order chi connectivity index (χ1) is 9.48. The van der Waals surface area contributed by atoms with Crippen LogP contribution in [0.2, 0.25) is 0 Å². The van der Waals surface area contributed by atoms with Gasteiger partial charge in [0.15, 0.2) is 0 Å².